The van der Waals surface area contributed by atoms with Crippen molar-refractivity contribution in [1.29, 1.82) is 0 Å². The maximum atomic E-state index is 6.40. The smallest absolute Gasteiger partial charge is 0.163 e. The van der Waals surface area contributed by atoms with Gasteiger partial charge in [-0.2, -0.15) is 5.10 Å². The molecule has 0 radical (unpaired) electrons. The highest BCUT2D eigenvalue weighted by atomic mass is 35.5. The van der Waals surface area contributed by atoms with Gasteiger partial charge in [0.15, 0.2) is 5.65 Å². The minimum Gasteiger partial charge on any atom is -0.378 e. The van der Waals surface area contributed by atoms with Crippen molar-refractivity contribution < 1.29 is 4.74 Å². The lowest BCUT2D eigenvalue weighted by Crippen LogP contribution is -1.97. The molecule has 0 N–H and O–H groups in total. The fourth-order valence-corrected chi connectivity index (χ4v) is 3.46. The summed E-state index contributed by atoms with van der Waals surface area (Å²) in [6, 6.07) is 17.2. The molecular formula is C20H15Cl2N3O. The van der Waals surface area contributed by atoms with Gasteiger partial charge < -0.3 is 4.74 Å². The quantitative estimate of drug-likeness (QED) is 0.465. The number of ether oxygens (including phenoxy) is 1. The summed E-state index contributed by atoms with van der Waals surface area (Å²) in [7, 11) is 1.65. The highest BCUT2D eigenvalue weighted by Gasteiger charge is 2.19. The lowest BCUT2D eigenvalue weighted by molar-refractivity contribution is 0.181. The second-order valence-corrected chi connectivity index (χ2v) is 6.65. The van der Waals surface area contributed by atoms with Crippen LogP contribution in [0.15, 0.2) is 60.8 Å². The fraction of sp³-hybridized carbons (Fsp3) is 0.100. The maximum absolute atomic E-state index is 6.40. The molecule has 0 aliphatic rings. The zero-order chi connectivity index (χ0) is 18.1. The van der Waals surface area contributed by atoms with Crippen LogP contribution < -0.4 is 0 Å². The van der Waals surface area contributed by atoms with E-state index in [0.717, 1.165) is 33.7 Å². The Hall–Kier alpha value is -2.40. The van der Waals surface area contributed by atoms with Gasteiger partial charge in [-0.3, -0.25) is 0 Å². The van der Waals surface area contributed by atoms with Crippen LogP contribution >= 0.6 is 23.2 Å². The molecule has 4 aromatic rings. The van der Waals surface area contributed by atoms with E-state index in [4.69, 9.17) is 33.0 Å². The van der Waals surface area contributed by atoms with Crippen LogP contribution in [0.5, 0.6) is 0 Å². The minimum absolute atomic E-state index is 0.368. The number of hydrogen-bond acceptors (Lipinski definition) is 3. The highest BCUT2D eigenvalue weighted by Crippen LogP contribution is 2.33. The van der Waals surface area contributed by atoms with E-state index in [1.807, 2.05) is 59.1 Å². The van der Waals surface area contributed by atoms with Gasteiger partial charge >= 0.3 is 0 Å². The van der Waals surface area contributed by atoms with Crippen molar-refractivity contribution in [3.8, 4) is 22.4 Å². The molecule has 0 spiro atoms. The molecule has 0 saturated heterocycles. The number of fused-ring (bicyclic) bond motifs is 1. The Morgan fingerprint density at radius 3 is 2.65 bits per heavy atom. The predicted octanol–water partition coefficient (Wildman–Crippen LogP) is 5.52. The molecule has 4 nitrogen and oxygen atoms in total. The van der Waals surface area contributed by atoms with Crippen molar-refractivity contribution in [1.82, 2.24) is 14.6 Å². The van der Waals surface area contributed by atoms with Crippen LogP contribution in [0, 0.1) is 0 Å². The topological polar surface area (TPSA) is 39.4 Å². The highest BCUT2D eigenvalue weighted by molar-refractivity contribution is 6.33. The number of halogens is 2. The van der Waals surface area contributed by atoms with Gasteiger partial charge in [0, 0.05) is 28.9 Å². The van der Waals surface area contributed by atoms with E-state index in [1.165, 1.54) is 0 Å². The second-order valence-electron chi connectivity index (χ2n) is 5.81. The summed E-state index contributed by atoms with van der Waals surface area (Å²) in [4.78, 5) is 4.56. The summed E-state index contributed by atoms with van der Waals surface area (Å²) >= 11 is 12.6. The number of methoxy groups -OCH3 is 1. The van der Waals surface area contributed by atoms with Crippen LogP contribution in [0.2, 0.25) is 10.0 Å². The largest absolute Gasteiger partial charge is 0.378 e. The van der Waals surface area contributed by atoms with E-state index in [2.05, 4.69) is 4.98 Å². The van der Waals surface area contributed by atoms with Crippen molar-refractivity contribution >= 4 is 28.8 Å². The first-order valence-corrected chi connectivity index (χ1v) is 8.81. The summed E-state index contributed by atoms with van der Waals surface area (Å²) in [6.45, 7) is 0.368. The Kier molecular flexibility index (Phi) is 4.64. The SMILES string of the molecule is COCc1nn2c(-c3ccccc3Cl)ccnc2c1-c1cccc(Cl)c1. The van der Waals surface area contributed by atoms with Crippen LogP contribution in [-0.4, -0.2) is 21.7 Å². The molecule has 26 heavy (non-hydrogen) atoms. The van der Waals surface area contributed by atoms with Crippen molar-refractivity contribution in [3.63, 3.8) is 0 Å². The van der Waals surface area contributed by atoms with E-state index in [0.29, 0.717) is 16.7 Å². The van der Waals surface area contributed by atoms with E-state index in [-0.39, 0.29) is 0 Å². The van der Waals surface area contributed by atoms with Gasteiger partial charge in [0.2, 0.25) is 0 Å². The normalized spacial score (nSPS) is 11.2. The molecular weight excluding hydrogens is 369 g/mol. The number of nitrogens with zero attached hydrogens (tertiary/aromatic N) is 3. The number of aromatic nitrogens is 3. The summed E-state index contributed by atoms with van der Waals surface area (Å²) in [5.74, 6) is 0. The Labute approximate surface area is 161 Å². The molecule has 0 aliphatic carbocycles. The van der Waals surface area contributed by atoms with Gasteiger partial charge in [0.1, 0.15) is 0 Å². The molecule has 0 unspecified atom stereocenters. The number of hydrogen-bond donors (Lipinski definition) is 0. The zero-order valence-corrected chi connectivity index (χ0v) is 15.5. The molecule has 4 rings (SSSR count). The van der Waals surface area contributed by atoms with Crippen molar-refractivity contribution in [2.45, 2.75) is 6.61 Å². The van der Waals surface area contributed by atoms with Crippen molar-refractivity contribution in [2.24, 2.45) is 0 Å². The van der Waals surface area contributed by atoms with E-state index < -0.39 is 0 Å². The van der Waals surface area contributed by atoms with Gasteiger partial charge in [0.05, 0.1) is 23.6 Å². The van der Waals surface area contributed by atoms with E-state index >= 15 is 0 Å². The number of benzene rings is 2. The average molecular weight is 384 g/mol. The van der Waals surface area contributed by atoms with Crippen LogP contribution in [0.25, 0.3) is 28.0 Å². The van der Waals surface area contributed by atoms with Crippen molar-refractivity contribution in [3.05, 3.63) is 76.5 Å². The fourth-order valence-electron chi connectivity index (χ4n) is 3.04. The molecule has 6 heteroatoms. The third kappa shape index (κ3) is 2.97. The maximum Gasteiger partial charge on any atom is 0.163 e. The van der Waals surface area contributed by atoms with Gasteiger partial charge in [0.25, 0.3) is 0 Å². The molecule has 0 saturated carbocycles. The van der Waals surface area contributed by atoms with Crippen LogP contribution in [-0.2, 0) is 11.3 Å². The summed E-state index contributed by atoms with van der Waals surface area (Å²) in [5, 5.41) is 6.07. The van der Waals surface area contributed by atoms with Crippen LogP contribution in [0.4, 0.5) is 0 Å². The third-order valence-electron chi connectivity index (χ3n) is 4.14. The molecule has 2 aromatic carbocycles. The van der Waals surface area contributed by atoms with Gasteiger partial charge in [-0.05, 0) is 29.8 Å². The second kappa shape index (κ2) is 7.08. The molecule has 0 amide bonds. The lowest BCUT2D eigenvalue weighted by atomic mass is 10.1. The van der Waals surface area contributed by atoms with Gasteiger partial charge in [-0.15, -0.1) is 0 Å². The summed E-state index contributed by atoms with van der Waals surface area (Å²) in [5.41, 5.74) is 5.14. The first kappa shape index (κ1) is 17.0. The molecule has 130 valence electrons. The molecule has 0 fully saturated rings. The van der Waals surface area contributed by atoms with Gasteiger partial charge in [-0.25, -0.2) is 9.50 Å². The Morgan fingerprint density at radius 1 is 1.04 bits per heavy atom. The monoisotopic (exact) mass is 383 g/mol. The van der Waals surface area contributed by atoms with Crippen LogP contribution in [0.3, 0.4) is 0 Å². The predicted molar refractivity (Wildman–Crippen MR) is 105 cm³/mol. The Bertz CT molecular complexity index is 1090. The average Bonchev–Trinajstić information content (AvgIpc) is 3.01. The number of rotatable bonds is 4. The van der Waals surface area contributed by atoms with E-state index in [1.54, 1.807) is 13.3 Å². The standard InChI is InChI=1S/C20H15Cl2N3O/c1-26-12-17-19(13-5-4-6-14(21)11-13)20-23-10-9-18(25(20)24-17)15-7-2-3-8-16(15)22/h2-11H,12H2,1H3. The Balaban J connectivity index is 2.02. The molecule has 2 heterocycles. The minimum atomic E-state index is 0.368. The lowest BCUT2D eigenvalue weighted by Gasteiger charge is -2.07. The third-order valence-corrected chi connectivity index (χ3v) is 4.70. The molecule has 0 atom stereocenters. The first-order chi connectivity index (χ1) is 12.7. The first-order valence-electron chi connectivity index (χ1n) is 8.05. The zero-order valence-electron chi connectivity index (χ0n) is 14.0. The molecule has 2 aromatic heterocycles. The molecule has 0 aliphatic heterocycles. The molecule has 0 bridgehead atoms. The van der Waals surface area contributed by atoms with Gasteiger partial charge in [-0.1, -0.05) is 53.5 Å². The summed E-state index contributed by atoms with van der Waals surface area (Å²) < 4.78 is 7.17. The Morgan fingerprint density at radius 2 is 1.88 bits per heavy atom. The van der Waals surface area contributed by atoms with E-state index in [9.17, 15) is 0 Å². The van der Waals surface area contributed by atoms with Crippen molar-refractivity contribution in [2.75, 3.05) is 7.11 Å². The summed E-state index contributed by atoms with van der Waals surface area (Å²) in [6.07, 6.45) is 1.76. The van der Waals surface area contributed by atoms with Crippen LogP contribution in [0.1, 0.15) is 5.69 Å².